The number of hydrogen-bond acceptors (Lipinski definition) is 7. The van der Waals surface area contributed by atoms with Gasteiger partial charge in [0.15, 0.2) is 15.6 Å². The number of aromatic nitrogens is 2. The first-order valence-corrected chi connectivity index (χ1v) is 12.8. The van der Waals surface area contributed by atoms with Gasteiger partial charge in [-0.15, -0.1) is 10.2 Å². The van der Waals surface area contributed by atoms with Gasteiger partial charge in [-0.1, -0.05) is 57.7 Å². The molecule has 3 rings (SSSR count). The Hall–Kier alpha value is -1.67. The molecule has 1 fully saturated rings. The molecule has 6 nitrogen and oxygen atoms in total. The number of rotatable bonds is 8. The molecule has 0 radical (unpaired) electrons. The van der Waals surface area contributed by atoms with E-state index in [9.17, 15) is 13.2 Å². The summed E-state index contributed by atoms with van der Waals surface area (Å²) in [5.41, 5.74) is 3.04. The number of hydrogen-bond donors (Lipinski definition) is 0. The maximum absolute atomic E-state index is 12.8. The first-order valence-electron chi connectivity index (χ1n) is 9.97. The molecule has 0 aliphatic carbocycles. The van der Waals surface area contributed by atoms with E-state index in [2.05, 4.69) is 44.0 Å². The molecule has 29 heavy (non-hydrogen) atoms. The molecule has 2 aromatic rings. The van der Waals surface area contributed by atoms with Crippen LogP contribution < -0.4 is 0 Å². The van der Waals surface area contributed by atoms with Crippen LogP contribution in [0.2, 0.25) is 0 Å². The topological polar surface area (TPSA) is 90.1 Å². The number of carbonyl (C=O) groups excluding carboxylic acids is 1. The number of Topliss-reactive ketones (excluding diaryl/α,β-unsaturated/α-hetero) is 1. The van der Waals surface area contributed by atoms with Crippen LogP contribution in [0.25, 0.3) is 0 Å². The average Bonchev–Trinajstić information content (AvgIpc) is 3.24. The SMILES string of the molecule is CC(C)c1ccc(C(=O)CSc2nnc(C[C@H]3CCS(=O)(=O)C3)o2)c(C(C)C)c1. The largest absolute Gasteiger partial charge is 0.416 e. The Bertz CT molecular complexity index is 980. The van der Waals surface area contributed by atoms with E-state index in [4.69, 9.17) is 4.42 Å². The van der Waals surface area contributed by atoms with Crippen LogP contribution >= 0.6 is 11.8 Å². The standard InChI is InChI=1S/C21H28N2O4S2/c1-13(2)16-5-6-17(18(10-16)14(3)4)19(24)11-28-21-23-22-20(27-21)9-15-7-8-29(25,26)12-15/h5-6,10,13-15H,7-9,11-12H2,1-4H3/t15-/m1/s1. The minimum atomic E-state index is -2.92. The van der Waals surface area contributed by atoms with E-state index < -0.39 is 9.84 Å². The molecule has 1 aliphatic heterocycles. The number of nitrogens with zero attached hydrogens (tertiary/aromatic N) is 2. The van der Waals surface area contributed by atoms with E-state index in [1.54, 1.807) is 0 Å². The molecular weight excluding hydrogens is 408 g/mol. The highest BCUT2D eigenvalue weighted by molar-refractivity contribution is 7.99. The van der Waals surface area contributed by atoms with E-state index >= 15 is 0 Å². The van der Waals surface area contributed by atoms with Gasteiger partial charge in [-0.05, 0) is 35.3 Å². The molecule has 0 spiro atoms. The molecule has 0 saturated carbocycles. The quantitative estimate of drug-likeness (QED) is 0.451. The Balaban J connectivity index is 1.62. The van der Waals surface area contributed by atoms with Crippen molar-refractivity contribution in [1.82, 2.24) is 10.2 Å². The molecule has 0 unspecified atom stereocenters. The number of ketones is 1. The van der Waals surface area contributed by atoms with Gasteiger partial charge in [0.1, 0.15) is 0 Å². The molecule has 1 saturated heterocycles. The molecule has 0 bridgehead atoms. The molecule has 1 aliphatic rings. The van der Waals surface area contributed by atoms with Gasteiger partial charge in [-0.2, -0.15) is 0 Å². The number of thioether (sulfide) groups is 1. The fourth-order valence-electron chi connectivity index (χ4n) is 3.54. The average molecular weight is 437 g/mol. The Kier molecular flexibility index (Phi) is 6.83. The van der Waals surface area contributed by atoms with E-state index in [-0.39, 0.29) is 34.9 Å². The second-order valence-electron chi connectivity index (χ2n) is 8.30. The monoisotopic (exact) mass is 436 g/mol. The van der Waals surface area contributed by atoms with Crippen molar-refractivity contribution in [2.75, 3.05) is 17.3 Å². The molecule has 0 amide bonds. The third kappa shape index (κ3) is 5.69. The molecule has 158 valence electrons. The van der Waals surface area contributed by atoms with Crippen LogP contribution in [0.1, 0.15) is 73.3 Å². The van der Waals surface area contributed by atoms with Gasteiger partial charge in [0.25, 0.3) is 5.22 Å². The van der Waals surface area contributed by atoms with Crippen LogP contribution in [0.3, 0.4) is 0 Å². The molecular formula is C21H28N2O4S2. The van der Waals surface area contributed by atoms with Crippen LogP contribution in [-0.2, 0) is 16.3 Å². The van der Waals surface area contributed by atoms with E-state index in [1.165, 1.54) is 17.3 Å². The van der Waals surface area contributed by atoms with Gasteiger partial charge >= 0.3 is 0 Å². The number of sulfone groups is 1. The van der Waals surface area contributed by atoms with Crippen molar-refractivity contribution in [3.63, 3.8) is 0 Å². The van der Waals surface area contributed by atoms with Crippen molar-refractivity contribution in [1.29, 1.82) is 0 Å². The number of benzene rings is 1. The van der Waals surface area contributed by atoms with Gasteiger partial charge in [0, 0.05) is 12.0 Å². The van der Waals surface area contributed by atoms with Crippen molar-refractivity contribution in [3.8, 4) is 0 Å². The smallest absolute Gasteiger partial charge is 0.277 e. The summed E-state index contributed by atoms with van der Waals surface area (Å²) in [7, 11) is -2.92. The van der Waals surface area contributed by atoms with Crippen LogP contribution in [0.4, 0.5) is 0 Å². The highest BCUT2D eigenvalue weighted by atomic mass is 32.2. The summed E-state index contributed by atoms with van der Waals surface area (Å²) in [4.78, 5) is 12.8. The molecule has 0 N–H and O–H groups in total. The lowest BCUT2D eigenvalue weighted by atomic mass is 9.90. The van der Waals surface area contributed by atoms with Gasteiger partial charge in [0.2, 0.25) is 5.89 Å². The minimum absolute atomic E-state index is 0.0352. The van der Waals surface area contributed by atoms with Gasteiger partial charge in [-0.3, -0.25) is 4.79 Å². The Morgan fingerprint density at radius 1 is 1.21 bits per heavy atom. The summed E-state index contributed by atoms with van der Waals surface area (Å²) in [5, 5.41) is 8.36. The van der Waals surface area contributed by atoms with Crippen LogP contribution in [0, 0.1) is 5.92 Å². The maximum atomic E-state index is 12.8. The third-order valence-corrected chi connectivity index (χ3v) is 7.89. The highest BCUT2D eigenvalue weighted by Crippen LogP contribution is 2.28. The van der Waals surface area contributed by atoms with Crippen molar-refractivity contribution in [2.45, 2.75) is 57.6 Å². The summed E-state index contributed by atoms with van der Waals surface area (Å²) in [6, 6.07) is 6.08. The zero-order valence-electron chi connectivity index (χ0n) is 17.3. The molecule has 8 heteroatoms. The van der Waals surface area contributed by atoms with Crippen LogP contribution in [0.5, 0.6) is 0 Å². The summed E-state index contributed by atoms with van der Waals surface area (Å²) in [5.74, 6) is 1.82. The lowest BCUT2D eigenvalue weighted by Gasteiger charge is -2.15. The van der Waals surface area contributed by atoms with Crippen LogP contribution in [-0.4, -0.2) is 41.7 Å². The van der Waals surface area contributed by atoms with E-state index in [1.807, 2.05) is 12.1 Å². The van der Waals surface area contributed by atoms with Crippen molar-refractivity contribution in [2.24, 2.45) is 5.92 Å². The summed E-state index contributed by atoms with van der Waals surface area (Å²) in [6.07, 6.45) is 1.10. The second kappa shape index (κ2) is 9.00. The third-order valence-electron chi connectivity index (χ3n) is 5.23. The summed E-state index contributed by atoms with van der Waals surface area (Å²) in [6.45, 7) is 8.48. The lowest BCUT2D eigenvalue weighted by Crippen LogP contribution is -2.09. The fraction of sp³-hybridized carbons (Fsp3) is 0.571. The molecule has 1 aromatic carbocycles. The van der Waals surface area contributed by atoms with Gasteiger partial charge in [-0.25, -0.2) is 8.42 Å². The Morgan fingerprint density at radius 2 is 1.97 bits per heavy atom. The zero-order chi connectivity index (χ0) is 21.2. The first kappa shape index (κ1) is 22.0. The van der Waals surface area contributed by atoms with Gasteiger partial charge in [0.05, 0.1) is 17.3 Å². The Morgan fingerprint density at radius 3 is 2.59 bits per heavy atom. The summed E-state index contributed by atoms with van der Waals surface area (Å²) < 4.78 is 28.8. The first-order chi connectivity index (χ1) is 13.6. The van der Waals surface area contributed by atoms with E-state index in [0.717, 1.165) is 11.1 Å². The predicted octanol–water partition coefficient (Wildman–Crippen LogP) is 4.27. The number of carbonyl (C=O) groups is 1. The van der Waals surface area contributed by atoms with Crippen molar-refractivity contribution >= 4 is 27.4 Å². The molecule has 2 heterocycles. The highest BCUT2D eigenvalue weighted by Gasteiger charge is 2.29. The van der Waals surface area contributed by atoms with Gasteiger partial charge < -0.3 is 4.42 Å². The van der Waals surface area contributed by atoms with Crippen LogP contribution in [0.15, 0.2) is 27.8 Å². The second-order valence-corrected chi connectivity index (χ2v) is 11.5. The summed E-state index contributed by atoms with van der Waals surface area (Å²) >= 11 is 1.22. The normalized spacial score (nSPS) is 18.6. The van der Waals surface area contributed by atoms with Crippen molar-refractivity contribution < 1.29 is 17.6 Å². The maximum Gasteiger partial charge on any atom is 0.277 e. The lowest BCUT2D eigenvalue weighted by molar-refractivity contribution is 0.102. The Labute approximate surface area is 176 Å². The zero-order valence-corrected chi connectivity index (χ0v) is 19.0. The predicted molar refractivity (Wildman–Crippen MR) is 114 cm³/mol. The fourth-order valence-corrected chi connectivity index (χ4v) is 6.06. The minimum Gasteiger partial charge on any atom is -0.416 e. The van der Waals surface area contributed by atoms with E-state index in [0.29, 0.717) is 29.9 Å². The molecule has 1 aromatic heterocycles. The van der Waals surface area contributed by atoms with Crippen molar-refractivity contribution in [3.05, 3.63) is 40.8 Å². The molecule has 1 atom stereocenters.